The Labute approximate surface area is 135 Å². The van der Waals surface area contributed by atoms with E-state index in [2.05, 4.69) is 11.9 Å². The number of ether oxygens (including phenoxy) is 2. The number of hydrogen-bond acceptors (Lipinski definition) is 4. The van der Waals surface area contributed by atoms with Gasteiger partial charge in [0.05, 0.1) is 0 Å². The predicted molar refractivity (Wildman–Crippen MR) is 83.3 cm³/mol. The van der Waals surface area contributed by atoms with Gasteiger partial charge < -0.3 is 14.4 Å². The summed E-state index contributed by atoms with van der Waals surface area (Å²) in [6.45, 7) is 0. The molecule has 0 spiro atoms. The lowest BCUT2D eigenvalue weighted by Gasteiger charge is -2.36. The Bertz CT molecular complexity index is 592. The van der Waals surface area contributed by atoms with Crippen LogP contribution in [0.2, 0.25) is 5.02 Å². The van der Waals surface area contributed by atoms with Crippen molar-refractivity contribution < 1.29 is 14.3 Å². The topological polar surface area (TPSA) is 38.8 Å². The van der Waals surface area contributed by atoms with Gasteiger partial charge in [-0.2, -0.15) is 0 Å². The van der Waals surface area contributed by atoms with E-state index >= 15 is 0 Å². The van der Waals surface area contributed by atoms with Crippen LogP contribution in [0.5, 0.6) is 5.75 Å². The molecule has 1 aromatic carbocycles. The first-order valence-corrected chi connectivity index (χ1v) is 8.35. The zero-order chi connectivity index (χ0) is 15.3. The summed E-state index contributed by atoms with van der Waals surface area (Å²) in [7, 11) is 2.18. The molecule has 0 radical (unpaired) electrons. The summed E-state index contributed by atoms with van der Waals surface area (Å²) in [6.07, 6.45) is 4.41. The Balaban J connectivity index is 1.38. The van der Waals surface area contributed by atoms with Gasteiger partial charge >= 0.3 is 5.97 Å². The van der Waals surface area contributed by atoms with Crippen LogP contribution in [0.15, 0.2) is 18.2 Å². The molecule has 0 N–H and O–H groups in total. The van der Waals surface area contributed by atoms with Crippen LogP contribution in [0, 0.1) is 0 Å². The normalized spacial score (nSPS) is 33.4. The van der Waals surface area contributed by atoms with E-state index in [4.69, 9.17) is 21.1 Å². The van der Waals surface area contributed by atoms with Crippen molar-refractivity contribution in [1.82, 2.24) is 4.90 Å². The maximum absolute atomic E-state index is 12.4. The molecule has 118 valence electrons. The van der Waals surface area contributed by atoms with Crippen molar-refractivity contribution in [1.29, 1.82) is 0 Å². The molecule has 0 amide bonds. The molecule has 4 nitrogen and oxygen atoms in total. The zero-order valence-electron chi connectivity index (χ0n) is 12.6. The van der Waals surface area contributed by atoms with E-state index < -0.39 is 6.10 Å². The van der Waals surface area contributed by atoms with E-state index in [1.165, 1.54) is 12.8 Å². The van der Waals surface area contributed by atoms with Gasteiger partial charge in [-0.05, 0) is 56.5 Å². The van der Waals surface area contributed by atoms with E-state index in [1.807, 2.05) is 12.1 Å². The Morgan fingerprint density at radius 3 is 2.77 bits per heavy atom. The van der Waals surface area contributed by atoms with Crippen LogP contribution in [-0.4, -0.2) is 42.2 Å². The molecule has 0 aromatic heterocycles. The Hall–Kier alpha value is -1.26. The molecule has 0 aliphatic carbocycles. The number of halogens is 1. The van der Waals surface area contributed by atoms with Crippen LogP contribution in [-0.2, 0) is 16.0 Å². The minimum Gasteiger partial charge on any atom is -0.478 e. The lowest BCUT2D eigenvalue weighted by atomic mass is 10.0. The van der Waals surface area contributed by atoms with Gasteiger partial charge in [-0.3, -0.25) is 0 Å². The second kappa shape index (κ2) is 5.43. The van der Waals surface area contributed by atoms with Gasteiger partial charge in [0.25, 0.3) is 0 Å². The number of hydrogen-bond donors (Lipinski definition) is 0. The third-order valence-electron chi connectivity index (χ3n) is 5.30. The van der Waals surface area contributed by atoms with E-state index in [0.717, 1.165) is 24.2 Å². The molecular weight excluding hydrogens is 302 g/mol. The molecule has 2 saturated heterocycles. The summed E-state index contributed by atoms with van der Waals surface area (Å²) >= 11 is 5.98. The zero-order valence-corrected chi connectivity index (χ0v) is 13.4. The number of carbonyl (C=O) groups excluding carboxylic acids is 1. The summed E-state index contributed by atoms with van der Waals surface area (Å²) in [5.41, 5.74) is 0.984. The number of piperidine rings is 1. The van der Waals surface area contributed by atoms with Crippen LogP contribution in [0.4, 0.5) is 0 Å². The smallest absolute Gasteiger partial charge is 0.347 e. The first-order chi connectivity index (χ1) is 10.6. The Kier molecular flexibility index (Phi) is 3.54. The Morgan fingerprint density at radius 1 is 1.32 bits per heavy atom. The largest absolute Gasteiger partial charge is 0.478 e. The molecule has 2 bridgehead atoms. The van der Waals surface area contributed by atoms with Crippen molar-refractivity contribution >= 4 is 17.6 Å². The van der Waals surface area contributed by atoms with Crippen LogP contribution >= 0.6 is 11.6 Å². The summed E-state index contributed by atoms with van der Waals surface area (Å²) < 4.78 is 11.5. The van der Waals surface area contributed by atoms with Crippen molar-refractivity contribution in [2.75, 3.05) is 7.05 Å². The van der Waals surface area contributed by atoms with Gasteiger partial charge in [0.15, 0.2) is 6.10 Å². The molecule has 3 heterocycles. The van der Waals surface area contributed by atoms with Crippen molar-refractivity contribution in [2.45, 2.75) is 56.4 Å². The third kappa shape index (κ3) is 2.48. The van der Waals surface area contributed by atoms with Gasteiger partial charge in [0.2, 0.25) is 0 Å². The van der Waals surface area contributed by atoms with Crippen LogP contribution in [0.1, 0.15) is 31.2 Å². The highest BCUT2D eigenvalue weighted by molar-refractivity contribution is 6.30. The number of esters is 1. The molecule has 1 aromatic rings. The average molecular weight is 322 g/mol. The molecule has 3 aliphatic heterocycles. The maximum Gasteiger partial charge on any atom is 0.347 e. The molecule has 22 heavy (non-hydrogen) atoms. The minimum atomic E-state index is -0.522. The first kappa shape index (κ1) is 14.3. The maximum atomic E-state index is 12.4. The van der Waals surface area contributed by atoms with E-state index in [-0.39, 0.29) is 12.1 Å². The Morgan fingerprint density at radius 2 is 2.05 bits per heavy atom. The highest BCUT2D eigenvalue weighted by atomic mass is 35.5. The van der Waals surface area contributed by atoms with Gasteiger partial charge in [0, 0.05) is 23.5 Å². The molecule has 2 fully saturated rings. The lowest BCUT2D eigenvalue weighted by molar-refractivity contribution is -0.159. The fourth-order valence-corrected chi connectivity index (χ4v) is 4.24. The highest BCUT2D eigenvalue weighted by Gasteiger charge is 2.41. The van der Waals surface area contributed by atoms with Crippen molar-refractivity contribution in [3.05, 3.63) is 28.8 Å². The monoisotopic (exact) mass is 321 g/mol. The van der Waals surface area contributed by atoms with E-state index in [0.29, 0.717) is 23.5 Å². The first-order valence-electron chi connectivity index (χ1n) is 7.97. The number of rotatable bonds is 2. The van der Waals surface area contributed by atoms with Crippen molar-refractivity contribution in [3.63, 3.8) is 0 Å². The molecule has 0 saturated carbocycles. The molecular formula is C17H20ClNO3. The third-order valence-corrected chi connectivity index (χ3v) is 5.53. The van der Waals surface area contributed by atoms with Gasteiger partial charge in [-0.1, -0.05) is 11.6 Å². The standard InChI is InChI=1S/C17H20ClNO3/c1-19-12-3-4-13(19)9-14(8-12)21-17(20)16-7-10-6-11(18)2-5-15(10)22-16/h2,5-6,12-14,16H,3-4,7-9H2,1H3/t12-,13+,14?,16?. The predicted octanol–water partition coefficient (Wildman–Crippen LogP) is 2.81. The number of nitrogens with zero attached hydrogens (tertiary/aromatic N) is 1. The van der Waals surface area contributed by atoms with Gasteiger partial charge in [-0.15, -0.1) is 0 Å². The van der Waals surface area contributed by atoms with Crippen LogP contribution in [0.25, 0.3) is 0 Å². The van der Waals surface area contributed by atoms with Crippen LogP contribution < -0.4 is 4.74 Å². The molecule has 5 heteroatoms. The second-order valence-corrected chi connectivity index (χ2v) is 7.08. The van der Waals surface area contributed by atoms with E-state index in [1.54, 1.807) is 6.07 Å². The second-order valence-electron chi connectivity index (χ2n) is 6.64. The quantitative estimate of drug-likeness (QED) is 0.785. The summed E-state index contributed by atoms with van der Waals surface area (Å²) in [5.74, 6) is 0.510. The summed E-state index contributed by atoms with van der Waals surface area (Å²) in [6, 6.07) is 6.60. The van der Waals surface area contributed by atoms with Crippen LogP contribution in [0.3, 0.4) is 0 Å². The SMILES string of the molecule is CN1[C@@H]2CC[C@H]1CC(OC(=O)C1Cc3cc(Cl)ccc3O1)C2. The van der Waals surface area contributed by atoms with E-state index in [9.17, 15) is 4.79 Å². The average Bonchev–Trinajstić information content (AvgIpc) is 2.97. The summed E-state index contributed by atoms with van der Waals surface area (Å²) in [4.78, 5) is 14.8. The number of fused-ring (bicyclic) bond motifs is 3. The van der Waals surface area contributed by atoms with Gasteiger partial charge in [-0.25, -0.2) is 4.79 Å². The minimum absolute atomic E-state index is 0.0390. The fourth-order valence-electron chi connectivity index (χ4n) is 4.05. The fraction of sp³-hybridized carbons (Fsp3) is 0.588. The van der Waals surface area contributed by atoms with Crippen molar-refractivity contribution in [3.8, 4) is 5.75 Å². The van der Waals surface area contributed by atoms with Crippen molar-refractivity contribution in [2.24, 2.45) is 0 Å². The number of carbonyl (C=O) groups is 1. The summed E-state index contributed by atoms with van der Waals surface area (Å²) in [5, 5.41) is 0.670. The van der Waals surface area contributed by atoms with Gasteiger partial charge in [0.1, 0.15) is 11.9 Å². The molecule has 4 rings (SSSR count). The molecule has 2 unspecified atom stereocenters. The lowest BCUT2D eigenvalue weighted by Crippen LogP contribution is -2.44. The molecule has 3 aliphatic rings. The highest BCUT2D eigenvalue weighted by Crippen LogP contribution is 2.36. The molecule has 4 atom stereocenters. The number of benzene rings is 1.